The van der Waals surface area contributed by atoms with Crippen molar-refractivity contribution < 1.29 is 33.9 Å². The molecule has 6 rings (SSSR count). The quantitative estimate of drug-likeness (QED) is 0.235. The van der Waals surface area contributed by atoms with Gasteiger partial charge in [-0.1, -0.05) is 50.2 Å². The fourth-order valence-electron chi connectivity index (χ4n) is 5.39. The summed E-state index contributed by atoms with van der Waals surface area (Å²) in [5, 5.41) is 20.1. The third kappa shape index (κ3) is 12.2. The van der Waals surface area contributed by atoms with Crippen molar-refractivity contribution in [1.29, 1.82) is 0 Å². The number of aliphatic hydroxyl groups is 1. The molecular formula is C38H47ClN6O7. The SMILES string of the molecule is CCCC(=O)Cl.CCCC(=O)N1CCNC(=O)c2ccccc21.O=C1NCCN(C(=O)CCO)c2ccccc21.O=C1NCCNc2ccccc21. The summed E-state index contributed by atoms with van der Waals surface area (Å²) in [6, 6.07) is 21.8. The van der Waals surface area contributed by atoms with Gasteiger partial charge in [0.05, 0.1) is 41.1 Å². The number of nitrogens with zero attached hydrogens (tertiary/aromatic N) is 2. The van der Waals surface area contributed by atoms with Crippen LogP contribution in [0.4, 0.5) is 17.1 Å². The van der Waals surface area contributed by atoms with Crippen molar-refractivity contribution in [3.8, 4) is 0 Å². The number of carbonyl (C=O) groups is 6. The van der Waals surface area contributed by atoms with Crippen molar-refractivity contribution in [3.63, 3.8) is 0 Å². The number of anilines is 3. The lowest BCUT2D eigenvalue weighted by Gasteiger charge is -2.21. The Bertz CT molecular complexity index is 1620. The molecule has 3 aromatic carbocycles. The highest BCUT2D eigenvalue weighted by Crippen LogP contribution is 2.24. The van der Waals surface area contributed by atoms with Gasteiger partial charge in [0.1, 0.15) is 0 Å². The Morgan fingerprint density at radius 1 is 0.596 bits per heavy atom. The molecule has 3 aliphatic heterocycles. The number of rotatable bonds is 6. The number of fused-ring (bicyclic) bond motifs is 3. The van der Waals surface area contributed by atoms with Crippen LogP contribution in [0.2, 0.25) is 0 Å². The summed E-state index contributed by atoms with van der Waals surface area (Å²) >= 11 is 4.94. The van der Waals surface area contributed by atoms with Crippen LogP contribution >= 0.6 is 11.6 Å². The monoisotopic (exact) mass is 734 g/mol. The Hall–Kier alpha value is -5.27. The van der Waals surface area contributed by atoms with Gasteiger partial charge in [-0.15, -0.1) is 0 Å². The molecular weight excluding hydrogens is 688 g/mol. The minimum Gasteiger partial charge on any atom is -0.396 e. The van der Waals surface area contributed by atoms with Crippen LogP contribution in [0.3, 0.4) is 0 Å². The number of nitrogens with one attached hydrogen (secondary N) is 4. The summed E-state index contributed by atoms with van der Waals surface area (Å²) in [7, 11) is 0. The molecule has 0 saturated carbocycles. The maximum absolute atomic E-state index is 12.0. The zero-order valence-corrected chi connectivity index (χ0v) is 30.3. The van der Waals surface area contributed by atoms with Crippen LogP contribution in [0.25, 0.3) is 0 Å². The van der Waals surface area contributed by atoms with Crippen LogP contribution in [0.15, 0.2) is 72.8 Å². The van der Waals surface area contributed by atoms with Gasteiger partial charge in [0.2, 0.25) is 17.1 Å². The molecule has 0 fully saturated rings. The lowest BCUT2D eigenvalue weighted by molar-refractivity contribution is -0.119. The highest BCUT2D eigenvalue weighted by atomic mass is 35.5. The van der Waals surface area contributed by atoms with Gasteiger partial charge in [0.25, 0.3) is 17.7 Å². The number of amides is 5. The number of aliphatic hydroxyl groups excluding tert-OH is 1. The molecule has 3 aromatic rings. The van der Waals surface area contributed by atoms with Gasteiger partial charge in [-0.25, -0.2) is 0 Å². The van der Waals surface area contributed by atoms with E-state index in [4.69, 9.17) is 16.7 Å². The zero-order valence-electron chi connectivity index (χ0n) is 29.6. The fraction of sp³-hybridized carbons (Fsp3) is 0.368. The van der Waals surface area contributed by atoms with Gasteiger partial charge < -0.3 is 36.2 Å². The molecule has 3 aliphatic rings. The summed E-state index contributed by atoms with van der Waals surface area (Å²) < 4.78 is 0. The van der Waals surface area contributed by atoms with Crippen LogP contribution in [-0.2, 0) is 14.4 Å². The van der Waals surface area contributed by atoms with E-state index in [1.807, 2.05) is 56.3 Å². The van der Waals surface area contributed by atoms with E-state index in [2.05, 4.69) is 21.3 Å². The lowest BCUT2D eigenvalue weighted by Crippen LogP contribution is -2.35. The van der Waals surface area contributed by atoms with E-state index in [1.54, 1.807) is 40.1 Å². The first-order chi connectivity index (χ1) is 25.1. The number of hydrogen-bond donors (Lipinski definition) is 5. The van der Waals surface area contributed by atoms with Crippen LogP contribution in [0.5, 0.6) is 0 Å². The summed E-state index contributed by atoms with van der Waals surface area (Å²) in [6.07, 6.45) is 2.76. The summed E-state index contributed by atoms with van der Waals surface area (Å²) in [5.74, 6) is -0.351. The first kappa shape index (κ1) is 41.2. The van der Waals surface area contributed by atoms with E-state index in [-0.39, 0.29) is 47.8 Å². The molecule has 52 heavy (non-hydrogen) atoms. The average molecular weight is 735 g/mol. The molecule has 0 atom stereocenters. The van der Waals surface area contributed by atoms with Gasteiger partial charge in [-0.3, -0.25) is 28.8 Å². The van der Waals surface area contributed by atoms with Gasteiger partial charge in [-0.05, 0) is 60.8 Å². The Morgan fingerprint density at radius 2 is 1.02 bits per heavy atom. The highest BCUT2D eigenvalue weighted by Gasteiger charge is 2.25. The molecule has 13 nitrogen and oxygen atoms in total. The minimum atomic E-state index is -0.238. The second kappa shape index (κ2) is 21.8. The number of carbonyl (C=O) groups excluding carboxylic acids is 6. The van der Waals surface area contributed by atoms with Gasteiger partial charge in [-0.2, -0.15) is 0 Å². The minimum absolute atomic E-state index is 0.00981. The average Bonchev–Trinajstić information content (AvgIpc) is 3.52. The third-order valence-corrected chi connectivity index (χ3v) is 8.05. The maximum atomic E-state index is 12.0. The van der Waals surface area contributed by atoms with E-state index >= 15 is 0 Å². The zero-order chi connectivity index (χ0) is 37.9. The topological polar surface area (TPSA) is 177 Å². The first-order valence-corrected chi connectivity index (χ1v) is 17.8. The Balaban J connectivity index is 0.000000197. The standard InChI is InChI=1S/C13H16N2O2.C12H14N2O3.C9H10N2O.C4H7ClO/c1-2-5-12(16)15-9-8-14-13(17)10-6-3-4-7-11(10)15;15-8-5-11(16)14-7-6-13-12(17)9-3-1-2-4-10(9)14;12-9-7-3-1-2-4-8(7)10-5-6-11-9;1-2-3-4(5)6/h3-4,6-7H,2,5,8-9H2,1H3,(H,14,17);1-4,15H,5-8H2,(H,13,17);1-4,10H,5-6H2,(H,11,12);2-3H2,1H3. The summed E-state index contributed by atoms with van der Waals surface area (Å²) in [5.41, 5.74) is 4.06. The number of benzene rings is 3. The molecule has 0 unspecified atom stereocenters. The highest BCUT2D eigenvalue weighted by molar-refractivity contribution is 6.63. The third-order valence-electron chi connectivity index (χ3n) is 7.86. The molecule has 0 radical (unpaired) electrons. The van der Waals surface area contributed by atoms with Crippen LogP contribution in [0.1, 0.15) is 77.0 Å². The van der Waals surface area contributed by atoms with Gasteiger partial charge in [0, 0.05) is 57.8 Å². The number of para-hydroxylation sites is 3. The Kier molecular flexibility index (Phi) is 17.3. The molecule has 5 amide bonds. The molecule has 0 saturated heterocycles. The Morgan fingerprint density at radius 3 is 1.50 bits per heavy atom. The summed E-state index contributed by atoms with van der Waals surface area (Å²) in [4.78, 5) is 71.8. The van der Waals surface area contributed by atoms with E-state index in [9.17, 15) is 28.8 Å². The van der Waals surface area contributed by atoms with Gasteiger partial charge in [0.15, 0.2) is 0 Å². The second-order valence-corrected chi connectivity index (χ2v) is 12.1. The van der Waals surface area contributed by atoms with Crippen molar-refractivity contribution in [2.24, 2.45) is 0 Å². The van der Waals surface area contributed by atoms with Crippen LogP contribution in [-0.4, -0.2) is 85.8 Å². The Labute approximate surface area is 309 Å². The normalized spacial score (nSPS) is 14.3. The van der Waals surface area contributed by atoms with Crippen LogP contribution < -0.4 is 31.1 Å². The molecule has 278 valence electrons. The number of halogens is 1. The number of hydrogen-bond acceptors (Lipinski definition) is 8. The van der Waals surface area contributed by atoms with Crippen LogP contribution in [0, 0.1) is 0 Å². The molecule has 0 aliphatic carbocycles. The molecule has 0 spiro atoms. The predicted octanol–water partition coefficient (Wildman–Crippen LogP) is 4.10. The maximum Gasteiger partial charge on any atom is 0.253 e. The van der Waals surface area contributed by atoms with E-state index in [0.29, 0.717) is 62.4 Å². The molecule has 3 heterocycles. The van der Waals surface area contributed by atoms with E-state index < -0.39 is 0 Å². The molecule has 14 heteroatoms. The van der Waals surface area contributed by atoms with Crippen molar-refractivity contribution >= 4 is 63.4 Å². The summed E-state index contributed by atoms with van der Waals surface area (Å²) in [6.45, 7) is 7.09. The lowest BCUT2D eigenvalue weighted by atomic mass is 10.1. The second-order valence-electron chi connectivity index (χ2n) is 11.7. The van der Waals surface area contributed by atoms with Crippen molar-refractivity contribution in [1.82, 2.24) is 16.0 Å². The molecule has 0 aromatic heterocycles. The molecule has 5 N–H and O–H groups in total. The molecule has 0 bridgehead atoms. The smallest absolute Gasteiger partial charge is 0.253 e. The largest absolute Gasteiger partial charge is 0.396 e. The fourth-order valence-corrected chi connectivity index (χ4v) is 5.58. The van der Waals surface area contributed by atoms with Crippen molar-refractivity contribution in [2.75, 3.05) is 61.0 Å². The van der Waals surface area contributed by atoms with Crippen molar-refractivity contribution in [3.05, 3.63) is 89.5 Å². The first-order valence-electron chi connectivity index (χ1n) is 17.4. The van der Waals surface area contributed by atoms with E-state index in [0.717, 1.165) is 36.3 Å². The predicted molar refractivity (Wildman–Crippen MR) is 202 cm³/mol. The van der Waals surface area contributed by atoms with Gasteiger partial charge >= 0.3 is 0 Å². The van der Waals surface area contributed by atoms with Crippen molar-refractivity contribution in [2.45, 2.75) is 46.0 Å². The van der Waals surface area contributed by atoms with E-state index in [1.165, 1.54) is 0 Å².